The number of anilines is 2. The second-order valence-electron chi connectivity index (χ2n) is 9.13. The van der Waals surface area contributed by atoms with E-state index < -0.39 is 10.0 Å². The monoisotopic (exact) mass is 548 g/mol. The van der Waals surface area contributed by atoms with Gasteiger partial charge >= 0.3 is 0 Å². The van der Waals surface area contributed by atoms with E-state index in [1.54, 1.807) is 24.5 Å². The molecular weight excluding hydrogens is 520 g/mol. The van der Waals surface area contributed by atoms with Gasteiger partial charge in [-0.05, 0) is 80.2 Å². The molecule has 0 radical (unpaired) electrons. The SMILES string of the molecule is COc1ccc(N2C(=S)N[C@H](c3ccccn3)[C@H]2c2cc(C)n(-c3cccnc3)c2C)cc1NS(C)(=O)=O. The van der Waals surface area contributed by atoms with Crippen LogP contribution in [0, 0.1) is 13.8 Å². The third kappa shape index (κ3) is 4.82. The lowest BCUT2D eigenvalue weighted by molar-refractivity contribution is 0.417. The number of sulfonamides is 1. The van der Waals surface area contributed by atoms with E-state index in [1.807, 2.05) is 47.5 Å². The molecule has 0 amide bonds. The van der Waals surface area contributed by atoms with Crippen molar-refractivity contribution in [1.82, 2.24) is 19.9 Å². The molecule has 1 aliphatic heterocycles. The molecule has 196 valence electrons. The lowest BCUT2D eigenvalue weighted by atomic mass is 9.96. The summed E-state index contributed by atoms with van der Waals surface area (Å²) in [6, 6.07) is 16.7. The topological polar surface area (TPSA) is 101 Å². The normalized spacial score (nSPS) is 17.4. The summed E-state index contributed by atoms with van der Waals surface area (Å²) >= 11 is 5.87. The van der Waals surface area contributed by atoms with Crippen LogP contribution in [0.5, 0.6) is 5.75 Å². The van der Waals surface area contributed by atoms with E-state index in [-0.39, 0.29) is 12.1 Å². The van der Waals surface area contributed by atoms with E-state index in [9.17, 15) is 8.42 Å². The van der Waals surface area contributed by atoms with Gasteiger partial charge < -0.3 is 19.5 Å². The van der Waals surface area contributed by atoms with E-state index in [2.05, 4.69) is 44.5 Å². The molecule has 11 heteroatoms. The third-order valence-electron chi connectivity index (χ3n) is 6.55. The molecule has 9 nitrogen and oxygen atoms in total. The maximum Gasteiger partial charge on any atom is 0.229 e. The molecule has 4 aromatic rings. The number of ether oxygens (including phenoxy) is 1. The molecule has 0 aliphatic carbocycles. The zero-order chi connectivity index (χ0) is 27.0. The number of rotatable bonds is 7. The Balaban J connectivity index is 1.68. The Kier molecular flexibility index (Phi) is 6.80. The van der Waals surface area contributed by atoms with Gasteiger partial charge in [-0.15, -0.1) is 0 Å². The quantitative estimate of drug-likeness (QED) is 0.327. The minimum Gasteiger partial charge on any atom is -0.495 e. The number of hydrogen-bond donors (Lipinski definition) is 2. The van der Waals surface area contributed by atoms with Crippen LogP contribution in [0.25, 0.3) is 5.69 Å². The van der Waals surface area contributed by atoms with Crippen molar-refractivity contribution in [3.8, 4) is 11.4 Å². The zero-order valence-electron chi connectivity index (χ0n) is 21.4. The summed E-state index contributed by atoms with van der Waals surface area (Å²) in [5, 5.41) is 3.97. The number of methoxy groups -OCH3 is 1. The van der Waals surface area contributed by atoms with Crippen molar-refractivity contribution in [2.75, 3.05) is 23.0 Å². The van der Waals surface area contributed by atoms with Crippen LogP contribution in [-0.4, -0.2) is 41.4 Å². The lowest BCUT2D eigenvalue weighted by Crippen LogP contribution is -2.29. The molecule has 0 saturated carbocycles. The minimum atomic E-state index is -3.54. The average molecular weight is 549 g/mol. The van der Waals surface area contributed by atoms with E-state index in [1.165, 1.54) is 7.11 Å². The predicted octanol–water partition coefficient (Wildman–Crippen LogP) is 4.44. The number of benzene rings is 1. The van der Waals surface area contributed by atoms with E-state index in [4.69, 9.17) is 17.0 Å². The van der Waals surface area contributed by atoms with Crippen molar-refractivity contribution in [2.24, 2.45) is 0 Å². The maximum absolute atomic E-state index is 12.1. The summed E-state index contributed by atoms with van der Waals surface area (Å²) in [6.07, 6.45) is 6.46. The summed E-state index contributed by atoms with van der Waals surface area (Å²) in [4.78, 5) is 10.9. The Morgan fingerprint density at radius 3 is 2.53 bits per heavy atom. The van der Waals surface area contributed by atoms with Gasteiger partial charge in [0.05, 0.1) is 48.7 Å². The average Bonchev–Trinajstić information content (AvgIpc) is 3.39. The first kappa shape index (κ1) is 25.7. The van der Waals surface area contributed by atoms with Crippen LogP contribution in [0.3, 0.4) is 0 Å². The van der Waals surface area contributed by atoms with Crippen molar-refractivity contribution in [3.05, 3.63) is 95.8 Å². The van der Waals surface area contributed by atoms with Crippen LogP contribution in [0.1, 0.15) is 34.7 Å². The van der Waals surface area contributed by atoms with Crippen LogP contribution in [0.15, 0.2) is 73.2 Å². The summed E-state index contributed by atoms with van der Waals surface area (Å²) in [7, 11) is -2.04. The summed E-state index contributed by atoms with van der Waals surface area (Å²) in [5.41, 5.74) is 6.00. The van der Waals surface area contributed by atoms with Crippen molar-refractivity contribution in [2.45, 2.75) is 25.9 Å². The second-order valence-corrected chi connectivity index (χ2v) is 11.3. The zero-order valence-corrected chi connectivity index (χ0v) is 23.0. The van der Waals surface area contributed by atoms with Crippen molar-refractivity contribution in [3.63, 3.8) is 0 Å². The Morgan fingerprint density at radius 1 is 1.05 bits per heavy atom. The number of hydrogen-bond acceptors (Lipinski definition) is 6. The van der Waals surface area contributed by atoms with Gasteiger partial charge in [0.15, 0.2) is 5.11 Å². The van der Waals surface area contributed by atoms with E-state index in [0.717, 1.165) is 34.6 Å². The highest BCUT2D eigenvalue weighted by molar-refractivity contribution is 7.92. The lowest BCUT2D eigenvalue weighted by Gasteiger charge is -2.29. The number of aryl methyl sites for hydroxylation is 1. The van der Waals surface area contributed by atoms with Gasteiger partial charge in [-0.2, -0.15) is 0 Å². The second kappa shape index (κ2) is 10.1. The maximum atomic E-state index is 12.1. The Labute approximate surface area is 227 Å². The van der Waals surface area contributed by atoms with E-state index >= 15 is 0 Å². The standard InChI is InChI=1S/C27H28N6O3S2/c1-17-14-21(18(2)32(17)20-8-7-12-28-16-20)26-25(22-9-5-6-13-29-22)30-27(37)33(26)19-10-11-24(36-3)23(15-19)31-38(4,34)35/h5-16,25-26,31H,1-4H3,(H,30,37)/t25-,26-/m1/s1. The van der Waals surface area contributed by atoms with Gasteiger partial charge in [0.1, 0.15) is 5.75 Å². The first-order valence-corrected chi connectivity index (χ1v) is 14.2. The number of pyridine rings is 2. The largest absolute Gasteiger partial charge is 0.495 e. The van der Waals surface area contributed by atoms with Crippen molar-refractivity contribution >= 4 is 38.7 Å². The van der Waals surface area contributed by atoms with Crippen molar-refractivity contribution in [1.29, 1.82) is 0 Å². The fraction of sp³-hybridized carbons (Fsp3) is 0.222. The molecule has 5 rings (SSSR count). The molecule has 1 saturated heterocycles. The summed E-state index contributed by atoms with van der Waals surface area (Å²) in [6.45, 7) is 4.14. The van der Waals surface area contributed by atoms with Crippen molar-refractivity contribution < 1.29 is 13.2 Å². The van der Waals surface area contributed by atoms with Gasteiger partial charge in [-0.3, -0.25) is 14.7 Å². The minimum absolute atomic E-state index is 0.250. The van der Waals surface area contributed by atoms with E-state index in [0.29, 0.717) is 22.2 Å². The summed E-state index contributed by atoms with van der Waals surface area (Å²) < 4.78 is 34.3. The molecule has 0 bridgehead atoms. The fourth-order valence-electron chi connectivity index (χ4n) is 5.04. The van der Waals surface area contributed by atoms with Crippen LogP contribution in [0.2, 0.25) is 0 Å². The Bertz CT molecular complexity index is 1590. The van der Waals surface area contributed by atoms with Crippen LogP contribution < -0.4 is 19.7 Å². The molecule has 3 aromatic heterocycles. The molecule has 1 aliphatic rings. The summed E-state index contributed by atoms with van der Waals surface area (Å²) in [5.74, 6) is 0.407. The number of nitrogens with zero attached hydrogens (tertiary/aromatic N) is 4. The van der Waals surface area contributed by atoms with Crippen LogP contribution in [0.4, 0.5) is 11.4 Å². The number of thiocarbonyl (C=S) groups is 1. The van der Waals surface area contributed by atoms with Gasteiger partial charge in [0.2, 0.25) is 10.0 Å². The fourth-order valence-corrected chi connectivity index (χ4v) is 5.95. The van der Waals surface area contributed by atoms with Gasteiger partial charge in [-0.1, -0.05) is 6.07 Å². The third-order valence-corrected chi connectivity index (χ3v) is 7.45. The first-order valence-electron chi connectivity index (χ1n) is 11.9. The number of nitrogens with one attached hydrogen (secondary N) is 2. The molecular formula is C27H28N6O3S2. The molecule has 0 unspecified atom stereocenters. The number of aromatic nitrogens is 3. The van der Waals surface area contributed by atoms with Crippen LogP contribution in [-0.2, 0) is 10.0 Å². The highest BCUT2D eigenvalue weighted by Gasteiger charge is 2.42. The highest BCUT2D eigenvalue weighted by atomic mass is 32.2. The molecule has 0 spiro atoms. The molecule has 2 atom stereocenters. The molecule has 38 heavy (non-hydrogen) atoms. The van der Waals surface area contributed by atoms with Gasteiger partial charge in [0.25, 0.3) is 0 Å². The Morgan fingerprint density at radius 2 is 1.87 bits per heavy atom. The molecule has 4 heterocycles. The smallest absolute Gasteiger partial charge is 0.229 e. The first-order chi connectivity index (χ1) is 18.2. The Hall–Kier alpha value is -3.96. The highest BCUT2D eigenvalue weighted by Crippen LogP contribution is 2.45. The molecule has 2 N–H and O–H groups in total. The van der Waals surface area contributed by atoms with Crippen LogP contribution >= 0.6 is 12.2 Å². The van der Waals surface area contributed by atoms with Gasteiger partial charge in [0, 0.05) is 29.5 Å². The van der Waals surface area contributed by atoms with Gasteiger partial charge in [-0.25, -0.2) is 8.42 Å². The molecule has 1 fully saturated rings. The molecule has 1 aromatic carbocycles. The predicted molar refractivity (Wildman–Crippen MR) is 152 cm³/mol.